The van der Waals surface area contributed by atoms with Gasteiger partial charge in [0.15, 0.2) is 5.82 Å². The number of hydrogen-bond acceptors (Lipinski definition) is 6. The predicted molar refractivity (Wildman–Crippen MR) is 145 cm³/mol. The highest BCUT2D eigenvalue weighted by molar-refractivity contribution is 7.89. The first kappa shape index (κ1) is 28.0. The quantitative estimate of drug-likeness (QED) is 0.258. The Morgan fingerprint density at radius 2 is 1.78 bits per heavy atom. The number of halogens is 2. The predicted octanol–water partition coefficient (Wildman–Crippen LogP) is 4.01. The monoisotopic (exact) mass is 584 g/mol. The van der Waals surface area contributed by atoms with Crippen molar-refractivity contribution in [2.24, 2.45) is 0 Å². The number of H-pyrrole nitrogens is 2. The van der Waals surface area contributed by atoms with Crippen molar-refractivity contribution >= 4 is 33.3 Å². The van der Waals surface area contributed by atoms with E-state index in [4.69, 9.17) is 4.74 Å². The molecule has 1 aliphatic heterocycles. The number of hydrogen-bond donors (Lipinski definition) is 4. The maximum absolute atomic E-state index is 13.9. The molecule has 14 heteroatoms. The number of fused-ring (bicyclic) bond motifs is 1. The second kappa shape index (κ2) is 10.4. The average molecular weight is 585 g/mol. The molecular weight excluding hydrogens is 558 g/mol. The Bertz CT molecular complexity index is 1730. The summed E-state index contributed by atoms with van der Waals surface area (Å²) < 4.78 is 60.8. The van der Waals surface area contributed by atoms with Gasteiger partial charge in [0.25, 0.3) is 11.8 Å². The van der Waals surface area contributed by atoms with E-state index >= 15 is 0 Å². The van der Waals surface area contributed by atoms with Gasteiger partial charge in [-0.1, -0.05) is 13.8 Å². The number of benzene rings is 2. The molecule has 4 aromatic rings. The van der Waals surface area contributed by atoms with Crippen molar-refractivity contribution in [2.75, 3.05) is 24.3 Å². The van der Waals surface area contributed by atoms with Crippen LogP contribution in [0.25, 0.3) is 0 Å². The molecule has 3 heterocycles. The number of methoxy groups -OCH3 is 1. The van der Waals surface area contributed by atoms with Gasteiger partial charge in [-0.25, -0.2) is 17.2 Å². The standard InChI is InChI=1S/C27H26F2N6O5S/c1-27(2)14-35(41(38,39)19-9-16(28)8-17(29)10-19)13-21-23(27)33-34-24(21)32-26(37)20-5-4-18(40-3)11-22(20)31-25(36)15-6-7-30-12-15/h4-12,30H,13-14H2,1-3H3,(H,31,36)(H2,32,33,34,37). The fourth-order valence-corrected chi connectivity index (χ4v) is 6.33. The lowest BCUT2D eigenvalue weighted by molar-refractivity contribution is 0.102. The smallest absolute Gasteiger partial charge is 0.258 e. The molecule has 2 amide bonds. The minimum absolute atomic E-state index is 0.0101. The van der Waals surface area contributed by atoms with Gasteiger partial charge in [0.1, 0.15) is 17.4 Å². The maximum Gasteiger partial charge on any atom is 0.258 e. The van der Waals surface area contributed by atoms with Crippen molar-refractivity contribution < 1.29 is 31.5 Å². The van der Waals surface area contributed by atoms with Gasteiger partial charge in [0.2, 0.25) is 10.0 Å². The molecule has 2 aromatic heterocycles. The van der Waals surface area contributed by atoms with E-state index in [1.807, 2.05) is 0 Å². The Morgan fingerprint density at radius 1 is 1.05 bits per heavy atom. The SMILES string of the molecule is COc1ccc(C(=O)Nc2n[nH]c3c2CN(S(=O)(=O)c2cc(F)cc(F)c2)CC3(C)C)c(NC(=O)c2cc[nH]c2)c1. The summed E-state index contributed by atoms with van der Waals surface area (Å²) in [4.78, 5) is 28.4. The fourth-order valence-electron chi connectivity index (χ4n) is 4.72. The number of ether oxygens (including phenoxy) is 1. The summed E-state index contributed by atoms with van der Waals surface area (Å²) in [5, 5.41) is 12.5. The van der Waals surface area contributed by atoms with Gasteiger partial charge in [-0.2, -0.15) is 9.40 Å². The van der Waals surface area contributed by atoms with Gasteiger partial charge >= 0.3 is 0 Å². The van der Waals surface area contributed by atoms with Gasteiger partial charge < -0.3 is 20.4 Å². The summed E-state index contributed by atoms with van der Waals surface area (Å²) in [5.74, 6) is -2.65. The normalized spacial score (nSPS) is 14.8. The minimum Gasteiger partial charge on any atom is -0.497 e. The van der Waals surface area contributed by atoms with Crippen molar-refractivity contribution in [1.82, 2.24) is 19.5 Å². The van der Waals surface area contributed by atoms with Gasteiger partial charge in [0.05, 0.1) is 28.8 Å². The molecule has 4 N–H and O–H groups in total. The number of aromatic nitrogens is 3. The minimum atomic E-state index is -4.31. The molecule has 0 atom stereocenters. The van der Waals surface area contributed by atoms with Crippen LogP contribution in [0.4, 0.5) is 20.3 Å². The van der Waals surface area contributed by atoms with Crippen LogP contribution in [0.1, 0.15) is 45.8 Å². The van der Waals surface area contributed by atoms with Crippen molar-refractivity contribution in [3.05, 3.63) is 88.9 Å². The summed E-state index contributed by atoms with van der Waals surface area (Å²) in [6.45, 7) is 3.33. The van der Waals surface area contributed by atoms with Crippen LogP contribution in [-0.4, -0.2) is 53.4 Å². The molecule has 0 aliphatic carbocycles. The van der Waals surface area contributed by atoms with Crippen LogP contribution in [0.3, 0.4) is 0 Å². The number of nitrogens with one attached hydrogen (secondary N) is 4. The first-order valence-electron chi connectivity index (χ1n) is 12.4. The van der Waals surface area contributed by atoms with E-state index in [0.29, 0.717) is 28.6 Å². The summed E-state index contributed by atoms with van der Waals surface area (Å²) in [5.41, 5.74) is 0.818. The first-order chi connectivity index (χ1) is 19.4. The van der Waals surface area contributed by atoms with Gasteiger partial charge in [-0.15, -0.1) is 0 Å². The zero-order valence-electron chi connectivity index (χ0n) is 22.2. The Kier molecular flexibility index (Phi) is 7.13. The number of rotatable bonds is 7. The van der Waals surface area contributed by atoms with Crippen molar-refractivity contribution in [3.8, 4) is 5.75 Å². The van der Waals surface area contributed by atoms with Crippen LogP contribution in [0.15, 0.2) is 59.8 Å². The molecule has 41 heavy (non-hydrogen) atoms. The van der Waals surface area contributed by atoms with Crippen LogP contribution >= 0.6 is 0 Å². The number of sulfonamides is 1. The van der Waals surface area contributed by atoms with Gasteiger partial charge in [0, 0.05) is 54.3 Å². The lowest BCUT2D eigenvalue weighted by atomic mass is 9.84. The molecule has 5 rings (SSSR count). The molecule has 0 radical (unpaired) electrons. The molecule has 0 bridgehead atoms. The molecule has 1 aliphatic rings. The van der Waals surface area contributed by atoms with E-state index in [1.54, 1.807) is 32.2 Å². The highest BCUT2D eigenvalue weighted by Crippen LogP contribution is 2.38. The van der Waals surface area contributed by atoms with Crippen LogP contribution in [0.2, 0.25) is 0 Å². The molecule has 0 spiro atoms. The number of anilines is 2. The van der Waals surface area contributed by atoms with Crippen LogP contribution < -0.4 is 15.4 Å². The number of nitrogens with zero attached hydrogens (tertiary/aromatic N) is 2. The van der Waals surface area contributed by atoms with E-state index in [-0.39, 0.29) is 30.2 Å². The van der Waals surface area contributed by atoms with E-state index < -0.39 is 43.8 Å². The summed E-state index contributed by atoms with van der Waals surface area (Å²) >= 11 is 0. The van der Waals surface area contributed by atoms with Crippen molar-refractivity contribution in [3.63, 3.8) is 0 Å². The van der Waals surface area contributed by atoms with Crippen LogP contribution in [-0.2, 0) is 22.0 Å². The number of amides is 2. The number of carbonyl (C=O) groups is 2. The highest BCUT2D eigenvalue weighted by atomic mass is 32.2. The molecular formula is C27H26F2N6O5S. The van der Waals surface area contributed by atoms with E-state index in [1.165, 1.54) is 25.4 Å². The summed E-state index contributed by atoms with van der Waals surface area (Å²) in [6.07, 6.45) is 3.09. The first-order valence-corrected chi connectivity index (χ1v) is 13.8. The van der Waals surface area contributed by atoms with E-state index in [9.17, 15) is 26.8 Å². The zero-order valence-corrected chi connectivity index (χ0v) is 23.0. The largest absolute Gasteiger partial charge is 0.497 e. The molecule has 0 unspecified atom stereocenters. The molecule has 2 aromatic carbocycles. The number of aromatic amines is 2. The number of carbonyl (C=O) groups excluding carboxylic acids is 2. The zero-order chi connectivity index (χ0) is 29.5. The summed E-state index contributed by atoms with van der Waals surface area (Å²) in [7, 11) is -2.86. The second-order valence-corrected chi connectivity index (χ2v) is 12.0. The lowest BCUT2D eigenvalue weighted by Gasteiger charge is -2.36. The fraction of sp³-hybridized carbons (Fsp3) is 0.222. The molecule has 0 saturated carbocycles. The topological polar surface area (TPSA) is 149 Å². The molecule has 11 nitrogen and oxygen atoms in total. The average Bonchev–Trinajstić information content (AvgIpc) is 3.59. The van der Waals surface area contributed by atoms with Crippen LogP contribution in [0.5, 0.6) is 5.75 Å². The van der Waals surface area contributed by atoms with Crippen molar-refractivity contribution in [1.29, 1.82) is 0 Å². The van der Waals surface area contributed by atoms with E-state index in [2.05, 4.69) is 25.8 Å². The Hall–Kier alpha value is -4.56. The molecule has 0 fully saturated rings. The molecule has 0 saturated heterocycles. The maximum atomic E-state index is 13.9. The van der Waals surface area contributed by atoms with Gasteiger partial charge in [-0.3, -0.25) is 14.7 Å². The van der Waals surface area contributed by atoms with Crippen molar-refractivity contribution in [2.45, 2.75) is 30.7 Å². The Labute approximate surface area is 234 Å². The second-order valence-electron chi connectivity index (χ2n) is 10.1. The molecule has 214 valence electrons. The Balaban J connectivity index is 1.45. The summed E-state index contributed by atoms with van der Waals surface area (Å²) in [6, 6.07) is 8.20. The third-order valence-electron chi connectivity index (χ3n) is 6.74. The lowest BCUT2D eigenvalue weighted by Crippen LogP contribution is -2.45. The Morgan fingerprint density at radius 3 is 2.44 bits per heavy atom. The third kappa shape index (κ3) is 5.43. The van der Waals surface area contributed by atoms with Crippen LogP contribution in [0, 0.1) is 11.6 Å². The van der Waals surface area contributed by atoms with Gasteiger partial charge in [-0.05, 0) is 30.3 Å². The van der Waals surface area contributed by atoms with E-state index in [0.717, 1.165) is 16.4 Å². The highest BCUT2D eigenvalue weighted by Gasteiger charge is 2.41. The third-order valence-corrected chi connectivity index (χ3v) is 8.50.